The van der Waals surface area contributed by atoms with Crippen LogP contribution in [0.5, 0.6) is 5.75 Å². The van der Waals surface area contributed by atoms with Crippen molar-refractivity contribution in [2.45, 2.75) is 20.8 Å². The summed E-state index contributed by atoms with van der Waals surface area (Å²) in [6.07, 6.45) is 2.07. The van der Waals surface area contributed by atoms with Gasteiger partial charge < -0.3 is 4.74 Å². The third-order valence-corrected chi connectivity index (χ3v) is 3.47. The summed E-state index contributed by atoms with van der Waals surface area (Å²) in [6.45, 7) is 10.4. The van der Waals surface area contributed by atoms with E-state index in [0.717, 1.165) is 22.0 Å². The highest BCUT2D eigenvalue weighted by atomic mass is 31.0. The number of hydrogen-bond acceptors (Lipinski definition) is 1. The molecule has 0 amide bonds. The Morgan fingerprint density at radius 1 is 1.26 bits per heavy atom. The zero-order chi connectivity index (χ0) is 14.4. The monoisotopic (exact) mass is 278 g/mol. The van der Waals surface area contributed by atoms with E-state index in [0.29, 0.717) is 12.4 Å². The molecule has 1 rings (SSSR count). The van der Waals surface area contributed by atoms with Crippen LogP contribution in [-0.2, 0) is 0 Å². The summed E-state index contributed by atoms with van der Waals surface area (Å²) in [4.78, 5) is 0. The molecule has 0 N–H and O–H groups in total. The summed E-state index contributed by atoms with van der Waals surface area (Å²) in [5, 5.41) is 1.09. The van der Waals surface area contributed by atoms with Crippen molar-refractivity contribution in [1.82, 2.24) is 0 Å². The quantitative estimate of drug-likeness (QED) is 0.551. The van der Waals surface area contributed by atoms with Crippen molar-refractivity contribution < 1.29 is 9.13 Å². The maximum Gasteiger partial charge on any atom is 0.123 e. The molecule has 1 unspecified atom stereocenters. The molecule has 1 aromatic rings. The summed E-state index contributed by atoms with van der Waals surface area (Å²) in [6, 6.07) is 6.03. The average molecular weight is 278 g/mol. The van der Waals surface area contributed by atoms with Crippen LogP contribution in [0.1, 0.15) is 20.8 Å². The molecular formula is C16H20FOP. The molecule has 0 saturated carbocycles. The number of hydrogen-bond donors (Lipinski definition) is 0. The summed E-state index contributed by atoms with van der Waals surface area (Å²) < 4.78 is 18.3. The Morgan fingerprint density at radius 2 is 1.84 bits per heavy atom. The Labute approximate surface area is 117 Å². The lowest BCUT2D eigenvalue weighted by molar-refractivity contribution is 0.351. The molecule has 0 saturated heterocycles. The van der Waals surface area contributed by atoms with E-state index in [1.165, 1.54) is 12.1 Å². The van der Waals surface area contributed by atoms with E-state index in [9.17, 15) is 4.39 Å². The Hall–Kier alpha value is -1.40. The lowest BCUT2D eigenvalue weighted by Gasteiger charge is -2.09. The fraction of sp³-hybridized carbons (Fsp3) is 0.250. The van der Waals surface area contributed by atoms with E-state index in [1.54, 1.807) is 12.1 Å². The second kappa shape index (κ2) is 7.25. The first-order valence-corrected chi connectivity index (χ1v) is 6.65. The van der Waals surface area contributed by atoms with E-state index in [1.807, 2.05) is 20.8 Å². The Kier molecular flexibility index (Phi) is 5.98. The van der Waals surface area contributed by atoms with Crippen LogP contribution in [0.15, 0.2) is 59.0 Å². The van der Waals surface area contributed by atoms with E-state index in [-0.39, 0.29) is 5.82 Å². The minimum atomic E-state index is -0.258. The highest BCUT2D eigenvalue weighted by Crippen LogP contribution is 2.20. The highest BCUT2D eigenvalue weighted by Gasteiger charge is 1.99. The van der Waals surface area contributed by atoms with Gasteiger partial charge in [-0.15, -0.1) is 9.24 Å². The number of halogens is 1. The van der Waals surface area contributed by atoms with Gasteiger partial charge in [-0.3, -0.25) is 0 Å². The van der Waals surface area contributed by atoms with Crippen LogP contribution in [-0.4, -0.2) is 6.61 Å². The summed E-state index contributed by atoms with van der Waals surface area (Å²) in [5.41, 5.74) is 3.30. The van der Waals surface area contributed by atoms with Gasteiger partial charge in [0, 0.05) is 0 Å². The minimum absolute atomic E-state index is 0.258. The number of allylic oxidation sites excluding steroid dienone is 4. The van der Waals surface area contributed by atoms with Crippen molar-refractivity contribution in [3.63, 3.8) is 0 Å². The topological polar surface area (TPSA) is 9.23 Å². The van der Waals surface area contributed by atoms with Crippen LogP contribution in [0.3, 0.4) is 0 Å². The van der Waals surface area contributed by atoms with Crippen molar-refractivity contribution in [1.29, 1.82) is 0 Å². The van der Waals surface area contributed by atoms with Gasteiger partial charge in [0.05, 0.1) is 0 Å². The van der Waals surface area contributed by atoms with Gasteiger partial charge in [0.15, 0.2) is 0 Å². The third-order valence-electron chi connectivity index (χ3n) is 2.81. The van der Waals surface area contributed by atoms with Crippen molar-refractivity contribution in [2.75, 3.05) is 6.61 Å². The van der Waals surface area contributed by atoms with Gasteiger partial charge in [0.2, 0.25) is 0 Å². The van der Waals surface area contributed by atoms with Gasteiger partial charge in [0.1, 0.15) is 18.2 Å². The van der Waals surface area contributed by atoms with Crippen LogP contribution in [0.25, 0.3) is 0 Å². The first-order valence-electron chi connectivity index (χ1n) is 6.08. The molecule has 0 aliphatic heterocycles. The Bertz CT molecular complexity index is 512. The van der Waals surface area contributed by atoms with E-state index >= 15 is 0 Å². The standard InChI is InChI=1S/C16H20FOP/c1-11(2)12(3)9-16(19)13(4)10-18-15-7-5-14(17)6-8-15/h5-9H,1,10,19H2,2-4H3/b12-9+,16-13-. The van der Waals surface area contributed by atoms with Crippen molar-refractivity contribution >= 4 is 9.24 Å². The molecule has 0 aliphatic rings. The largest absolute Gasteiger partial charge is 0.489 e. The molecule has 19 heavy (non-hydrogen) atoms. The molecule has 0 bridgehead atoms. The zero-order valence-electron chi connectivity index (χ0n) is 11.7. The minimum Gasteiger partial charge on any atom is -0.489 e. The van der Waals surface area contributed by atoms with E-state index in [4.69, 9.17) is 4.74 Å². The van der Waals surface area contributed by atoms with Gasteiger partial charge in [-0.2, -0.15) is 0 Å². The predicted molar refractivity (Wildman–Crippen MR) is 82.9 cm³/mol. The molecule has 0 radical (unpaired) electrons. The van der Waals surface area contributed by atoms with Crippen LogP contribution in [0.4, 0.5) is 4.39 Å². The molecule has 0 spiro atoms. The molecular weight excluding hydrogens is 258 g/mol. The molecule has 1 nitrogen and oxygen atoms in total. The molecule has 1 aromatic carbocycles. The number of ether oxygens (including phenoxy) is 1. The maximum absolute atomic E-state index is 12.7. The Morgan fingerprint density at radius 3 is 2.37 bits per heavy atom. The second-order valence-corrected chi connectivity index (χ2v) is 5.21. The zero-order valence-corrected chi connectivity index (χ0v) is 12.8. The van der Waals surface area contributed by atoms with Crippen LogP contribution in [0.2, 0.25) is 0 Å². The van der Waals surface area contributed by atoms with Crippen LogP contribution < -0.4 is 4.74 Å². The van der Waals surface area contributed by atoms with E-state index in [2.05, 4.69) is 21.9 Å². The van der Waals surface area contributed by atoms with E-state index < -0.39 is 0 Å². The van der Waals surface area contributed by atoms with Crippen LogP contribution in [0, 0.1) is 5.82 Å². The molecule has 0 aromatic heterocycles. The van der Waals surface area contributed by atoms with Crippen molar-refractivity contribution in [2.24, 2.45) is 0 Å². The summed E-state index contributed by atoms with van der Waals surface area (Å²) >= 11 is 0. The van der Waals surface area contributed by atoms with Crippen LogP contribution >= 0.6 is 9.24 Å². The first kappa shape index (κ1) is 15.7. The number of rotatable bonds is 5. The normalized spacial score (nSPS) is 13.0. The van der Waals surface area contributed by atoms with Gasteiger partial charge in [-0.1, -0.05) is 18.2 Å². The first-order chi connectivity index (χ1) is 8.90. The highest BCUT2D eigenvalue weighted by molar-refractivity contribution is 7.23. The maximum atomic E-state index is 12.7. The van der Waals surface area contributed by atoms with Gasteiger partial charge in [0.25, 0.3) is 0 Å². The molecule has 0 heterocycles. The van der Waals surface area contributed by atoms with Gasteiger partial charge in [-0.25, -0.2) is 4.39 Å². The Balaban J connectivity index is 2.68. The molecule has 0 aliphatic carbocycles. The average Bonchev–Trinajstić information content (AvgIpc) is 2.37. The van der Waals surface area contributed by atoms with Crippen molar-refractivity contribution in [3.05, 3.63) is 64.8 Å². The molecule has 0 fully saturated rings. The number of benzene rings is 1. The SMILES string of the molecule is C=C(C)/C(C)=C/C(P)=C(\C)COc1ccc(F)cc1. The third kappa shape index (κ3) is 5.40. The summed E-state index contributed by atoms with van der Waals surface area (Å²) in [5.74, 6) is 0.408. The lowest BCUT2D eigenvalue weighted by atomic mass is 10.1. The molecule has 102 valence electrons. The lowest BCUT2D eigenvalue weighted by Crippen LogP contribution is -1.99. The van der Waals surface area contributed by atoms with Gasteiger partial charge >= 0.3 is 0 Å². The molecule has 3 heteroatoms. The second-order valence-electron chi connectivity index (χ2n) is 4.59. The smallest absolute Gasteiger partial charge is 0.123 e. The molecule has 1 atom stereocenters. The predicted octanol–water partition coefficient (Wildman–Crippen LogP) is 4.88. The fourth-order valence-corrected chi connectivity index (χ4v) is 1.62. The van der Waals surface area contributed by atoms with Gasteiger partial charge in [-0.05, 0) is 61.5 Å². The summed E-state index contributed by atoms with van der Waals surface area (Å²) in [7, 11) is 2.70. The van der Waals surface area contributed by atoms with Crippen molar-refractivity contribution in [3.8, 4) is 5.75 Å². The fourth-order valence-electron chi connectivity index (χ4n) is 1.29.